The largest absolute Gasteiger partial charge is 0.464 e. The summed E-state index contributed by atoms with van der Waals surface area (Å²) in [6.07, 6.45) is 2.52. The molecule has 3 aliphatic rings. The fourth-order valence-electron chi connectivity index (χ4n) is 5.37. The van der Waals surface area contributed by atoms with E-state index in [1.807, 2.05) is 0 Å². The molecule has 0 saturated carbocycles. The molecule has 2 fully saturated rings. The number of carbonyl (C=O) groups excluding carboxylic acids is 1. The lowest BCUT2D eigenvalue weighted by Crippen LogP contribution is -2.51. The van der Waals surface area contributed by atoms with E-state index in [0.717, 1.165) is 17.7 Å². The molecule has 2 aromatic heterocycles. The molecule has 2 N–H and O–H groups in total. The first kappa shape index (κ1) is 26.3. The number of aliphatic imine (C=N–C) groups is 1. The zero-order valence-corrected chi connectivity index (χ0v) is 22.3. The van der Waals surface area contributed by atoms with Crippen molar-refractivity contribution in [3.05, 3.63) is 72.1 Å². The molecule has 5 heterocycles. The number of hydrogen-bond donors (Lipinski definition) is 2. The molecule has 0 bridgehead atoms. The summed E-state index contributed by atoms with van der Waals surface area (Å²) in [6, 6.07) is 10.8. The van der Waals surface area contributed by atoms with E-state index in [1.54, 1.807) is 30.5 Å². The van der Waals surface area contributed by atoms with Crippen molar-refractivity contribution in [1.29, 1.82) is 0 Å². The van der Waals surface area contributed by atoms with Crippen LogP contribution in [-0.4, -0.2) is 72.4 Å². The maximum atomic E-state index is 15.2. The molecule has 12 heteroatoms. The third kappa shape index (κ3) is 4.81. The number of amidine groups is 1. The van der Waals surface area contributed by atoms with Crippen molar-refractivity contribution < 1.29 is 32.2 Å². The second kappa shape index (κ2) is 10.4. The number of aromatic amines is 1. The van der Waals surface area contributed by atoms with Crippen molar-refractivity contribution in [3.63, 3.8) is 0 Å². The topological polar surface area (TPSA) is 101 Å². The van der Waals surface area contributed by atoms with Crippen molar-refractivity contribution in [2.45, 2.75) is 12.6 Å². The van der Waals surface area contributed by atoms with Crippen molar-refractivity contribution in [2.75, 3.05) is 44.8 Å². The first-order chi connectivity index (χ1) is 20.4. The Morgan fingerprint density at radius 1 is 1.12 bits per heavy atom. The number of alkyl halides is 1. The number of halogens is 3. The molecular weight excluding hydrogens is 551 g/mol. The molecule has 2 aromatic carbocycles. The molecule has 0 unspecified atom stereocenters. The SMILES string of the molecule is O=C(c1ccc(-c2c[nH]c3nccc(Oc4c(F)cc(NC5=NCC6(COC6)CO5)cc4F)c23)cc1)N1CC[C@H](F)C1. The normalized spacial score (nSPS) is 19.4. The van der Waals surface area contributed by atoms with E-state index < -0.39 is 23.6 Å². The van der Waals surface area contributed by atoms with Crippen molar-refractivity contribution in [1.82, 2.24) is 14.9 Å². The third-order valence-corrected chi connectivity index (χ3v) is 7.75. The van der Waals surface area contributed by atoms with Gasteiger partial charge in [-0.25, -0.2) is 23.1 Å². The minimum atomic E-state index is -0.997. The second-order valence-electron chi connectivity index (χ2n) is 10.8. The molecule has 4 aromatic rings. The standard InChI is InChI=1S/C30H26F3N5O4/c31-19-6-8-38(12-19)28(39)18-3-1-17(2-4-18)21-11-35-27-25(21)24(5-7-34-27)42-26-22(32)9-20(10-23(26)33)37-29-36-13-30(16-41-29)14-40-15-30/h1-5,7,9-11,19H,6,8,12-16H2,(H,34,35)(H,36,37)/t19-/m0/s1. The molecule has 9 nitrogen and oxygen atoms in total. The van der Waals surface area contributed by atoms with Crippen molar-refractivity contribution in [2.24, 2.45) is 10.4 Å². The Balaban J connectivity index is 1.12. The second-order valence-corrected chi connectivity index (χ2v) is 10.8. The Morgan fingerprint density at radius 2 is 1.90 bits per heavy atom. The minimum absolute atomic E-state index is 0.0958. The van der Waals surface area contributed by atoms with E-state index in [0.29, 0.717) is 61.5 Å². The number of nitrogens with one attached hydrogen (secondary N) is 2. The number of rotatable bonds is 5. The Hall–Kier alpha value is -4.58. The molecule has 0 aliphatic carbocycles. The smallest absolute Gasteiger partial charge is 0.289 e. The highest BCUT2D eigenvalue weighted by Crippen LogP contribution is 2.39. The Labute approximate surface area is 238 Å². The monoisotopic (exact) mass is 577 g/mol. The first-order valence-corrected chi connectivity index (χ1v) is 13.6. The number of fused-ring (bicyclic) bond motifs is 1. The Kier molecular flexibility index (Phi) is 6.49. The van der Waals surface area contributed by atoms with Crippen LogP contribution in [0.4, 0.5) is 18.9 Å². The summed E-state index contributed by atoms with van der Waals surface area (Å²) < 4.78 is 60.6. The van der Waals surface area contributed by atoms with Crippen LogP contribution in [0, 0.1) is 17.0 Å². The number of amides is 1. The number of ether oxygens (including phenoxy) is 3. The Bertz CT molecular complexity index is 1680. The van der Waals surface area contributed by atoms with Gasteiger partial charge in [-0.05, 0) is 30.2 Å². The van der Waals surface area contributed by atoms with Gasteiger partial charge in [0.1, 0.15) is 24.2 Å². The van der Waals surface area contributed by atoms with Gasteiger partial charge in [-0.15, -0.1) is 0 Å². The fourth-order valence-corrected chi connectivity index (χ4v) is 5.37. The zero-order chi connectivity index (χ0) is 28.8. The average Bonchev–Trinajstić information content (AvgIpc) is 3.61. The van der Waals surface area contributed by atoms with Crippen LogP contribution < -0.4 is 10.1 Å². The molecule has 2 saturated heterocycles. The van der Waals surface area contributed by atoms with E-state index in [4.69, 9.17) is 14.2 Å². The predicted molar refractivity (Wildman–Crippen MR) is 149 cm³/mol. The molecule has 3 aliphatic heterocycles. The summed E-state index contributed by atoms with van der Waals surface area (Å²) in [6.45, 7) is 2.57. The molecule has 1 amide bonds. The van der Waals surface area contributed by atoms with Crippen LogP contribution in [0.3, 0.4) is 0 Å². The van der Waals surface area contributed by atoms with Gasteiger partial charge in [-0.3, -0.25) is 4.79 Å². The number of hydrogen-bond acceptors (Lipinski definition) is 7. The van der Waals surface area contributed by atoms with Crippen LogP contribution >= 0.6 is 0 Å². The van der Waals surface area contributed by atoms with Gasteiger partial charge in [0.15, 0.2) is 17.4 Å². The number of aromatic nitrogens is 2. The van der Waals surface area contributed by atoms with Gasteiger partial charge in [0.2, 0.25) is 0 Å². The molecule has 7 rings (SSSR count). The molecule has 216 valence electrons. The van der Waals surface area contributed by atoms with Crippen LogP contribution in [0.5, 0.6) is 11.5 Å². The number of pyridine rings is 1. The number of nitrogens with zero attached hydrogens (tertiary/aromatic N) is 3. The summed E-state index contributed by atoms with van der Waals surface area (Å²) in [4.78, 5) is 25.9. The summed E-state index contributed by atoms with van der Waals surface area (Å²) in [5.41, 5.74) is 2.31. The highest BCUT2D eigenvalue weighted by Gasteiger charge is 2.42. The van der Waals surface area contributed by atoms with Gasteiger partial charge in [0.05, 0.1) is 37.1 Å². The van der Waals surface area contributed by atoms with Crippen molar-refractivity contribution >= 4 is 28.6 Å². The molecule has 0 radical (unpaired) electrons. The lowest BCUT2D eigenvalue weighted by atomic mass is 9.87. The molecular formula is C30H26F3N5O4. The van der Waals surface area contributed by atoms with Crippen molar-refractivity contribution in [3.8, 4) is 22.6 Å². The lowest BCUT2D eigenvalue weighted by molar-refractivity contribution is -0.132. The molecule has 42 heavy (non-hydrogen) atoms. The predicted octanol–water partition coefficient (Wildman–Crippen LogP) is 5.30. The van der Waals surface area contributed by atoms with Gasteiger partial charge >= 0.3 is 0 Å². The zero-order valence-electron chi connectivity index (χ0n) is 22.3. The highest BCUT2D eigenvalue weighted by atomic mass is 19.1. The maximum absolute atomic E-state index is 15.2. The van der Waals surface area contributed by atoms with Crippen LogP contribution in [-0.2, 0) is 9.47 Å². The number of likely N-dealkylation sites (tertiary alicyclic amines) is 1. The summed E-state index contributed by atoms with van der Waals surface area (Å²) >= 11 is 0. The first-order valence-electron chi connectivity index (χ1n) is 13.6. The summed E-state index contributed by atoms with van der Waals surface area (Å²) in [7, 11) is 0. The highest BCUT2D eigenvalue weighted by molar-refractivity contribution is 5.99. The van der Waals surface area contributed by atoms with Gasteiger partial charge in [-0.1, -0.05) is 12.1 Å². The van der Waals surface area contributed by atoms with E-state index in [-0.39, 0.29) is 35.3 Å². The number of anilines is 1. The molecule has 1 atom stereocenters. The minimum Gasteiger partial charge on any atom is -0.464 e. The average molecular weight is 578 g/mol. The number of H-pyrrole nitrogens is 1. The summed E-state index contributed by atoms with van der Waals surface area (Å²) in [5, 5.41) is 3.33. The van der Waals surface area contributed by atoms with E-state index in [2.05, 4.69) is 20.3 Å². The van der Waals surface area contributed by atoms with Crippen LogP contribution in [0.15, 0.2) is 59.9 Å². The van der Waals surface area contributed by atoms with E-state index >= 15 is 8.78 Å². The van der Waals surface area contributed by atoms with Crippen LogP contribution in [0.25, 0.3) is 22.2 Å². The maximum Gasteiger partial charge on any atom is 0.289 e. The Morgan fingerprint density at radius 3 is 2.55 bits per heavy atom. The third-order valence-electron chi connectivity index (χ3n) is 7.75. The van der Waals surface area contributed by atoms with Gasteiger partial charge in [0, 0.05) is 47.9 Å². The van der Waals surface area contributed by atoms with Gasteiger partial charge < -0.3 is 29.4 Å². The van der Waals surface area contributed by atoms with E-state index in [1.165, 1.54) is 17.2 Å². The van der Waals surface area contributed by atoms with Crippen LogP contribution in [0.1, 0.15) is 16.8 Å². The van der Waals surface area contributed by atoms with Crippen LogP contribution in [0.2, 0.25) is 0 Å². The lowest BCUT2D eigenvalue weighted by Gasteiger charge is -2.41. The van der Waals surface area contributed by atoms with Gasteiger partial charge in [-0.2, -0.15) is 0 Å². The number of benzene rings is 2. The fraction of sp³-hybridized carbons (Fsp3) is 0.300. The molecule has 1 spiro atoms. The van der Waals surface area contributed by atoms with Gasteiger partial charge in [0.25, 0.3) is 11.9 Å². The quantitative estimate of drug-likeness (QED) is 0.334. The number of carbonyl (C=O) groups is 1. The van der Waals surface area contributed by atoms with E-state index in [9.17, 15) is 9.18 Å². The summed E-state index contributed by atoms with van der Waals surface area (Å²) in [5.74, 6) is -2.45.